The Hall–Kier alpha value is -1.91. The lowest BCUT2D eigenvalue weighted by molar-refractivity contribution is 0.171. The standard InChI is InChI=1S/C20H29N3O2/c21-19(23-10-4-1-5-11-23)22-15-20(8-2-3-9-20)16-6-7-17-18(14-16)25-13-12-24-17/h6-7,14H,1-5,8-13,15H2,(H2,21,22). The number of piperidine rings is 1. The van der Waals surface area contributed by atoms with E-state index in [4.69, 9.17) is 20.2 Å². The van der Waals surface area contributed by atoms with Crippen LogP contribution >= 0.6 is 0 Å². The highest BCUT2D eigenvalue weighted by Gasteiger charge is 2.36. The van der Waals surface area contributed by atoms with E-state index in [0.717, 1.165) is 37.1 Å². The number of hydrogen-bond donors (Lipinski definition) is 1. The highest BCUT2D eigenvalue weighted by Crippen LogP contribution is 2.44. The maximum Gasteiger partial charge on any atom is 0.191 e. The van der Waals surface area contributed by atoms with E-state index in [1.807, 2.05) is 0 Å². The average Bonchev–Trinajstić information content (AvgIpc) is 3.16. The Balaban J connectivity index is 1.55. The first-order chi connectivity index (χ1) is 12.3. The van der Waals surface area contributed by atoms with Crippen LogP contribution in [0, 0.1) is 0 Å². The van der Waals surface area contributed by atoms with Gasteiger partial charge in [-0.15, -0.1) is 0 Å². The number of nitrogens with zero attached hydrogens (tertiary/aromatic N) is 2. The molecular weight excluding hydrogens is 314 g/mol. The third-order valence-corrected chi connectivity index (χ3v) is 5.94. The van der Waals surface area contributed by atoms with Gasteiger partial charge in [-0.25, -0.2) is 0 Å². The van der Waals surface area contributed by atoms with Crippen LogP contribution in [-0.2, 0) is 5.41 Å². The van der Waals surface area contributed by atoms with Crippen molar-refractivity contribution in [1.29, 1.82) is 0 Å². The summed E-state index contributed by atoms with van der Waals surface area (Å²) in [5, 5.41) is 0. The molecule has 0 spiro atoms. The van der Waals surface area contributed by atoms with Gasteiger partial charge in [-0.3, -0.25) is 4.99 Å². The molecule has 4 rings (SSSR count). The van der Waals surface area contributed by atoms with Crippen molar-refractivity contribution in [2.45, 2.75) is 50.4 Å². The van der Waals surface area contributed by atoms with Crippen LogP contribution in [0.25, 0.3) is 0 Å². The van der Waals surface area contributed by atoms with E-state index in [0.29, 0.717) is 13.2 Å². The Labute approximate surface area is 150 Å². The molecule has 0 aromatic heterocycles. The smallest absolute Gasteiger partial charge is 0.191 e. The summed E-state index contributed by atoms with van der Waals surface area (Å²) >= 11 is 0. The zero-order valence-electron chi connectivity index (χ0n) is 15.0. The molecule has 2 heterocycles. The molecule has 136 valence electrons. The number of benzene rings is 1. The quantitative estimate of drug-likeness (QED) is 0.677. The maximum absolute atomic E-state index is 6.31. The molecule has 25 heavy (non-hydrogen) atoms. The van der Waals surface area contributed by atoms with Crippen molar-refractivity contribution in [2.75, 3.05) is 32.8 Å². The molecule has 0 bridgehead atoms. The summed E-state index contributed by atoms with van der Waals surface area (Å²) in [5.74, 6) is 2.46. The van der Waals surface area contributed by atoms with Crippen molar-refractivity contribution >= 4 is 5.96 Å². The van der Waals surface area contributed by atoms with Gasteiger partial charge in [0.05, 0.1) is 6.54 Å². The van der Waals surface area contributed by atoms with Crippen molar-refractivity contribution in [3.8, 4) is 11.5 Å². The summed E-state index contributed by atoms with van der Waals surface area (Å²) in [6, 6.07) is 6.43. The monoisotopic (exact) mass is 343 g/mol. The maximum atomic E-state index is 6.31. The SMILES string of the molecule is NC(=NCC1(c2ccc3c(c2)OCCO3)CCCC1)N1CCCCC1. The van der Waals surface area contributed by atoms with Crippen LogP contribution in [0.1, 0.15) is 50.5 Å². The molecule has 0 radical (unpaired) electrons. The summed E-state index contributed by atoms with van der Waals surface area (Å²) in [5.41, 5.74) is 7.72. The molecule has 1 aromatic rings. The van der Waals surface area contributed by atoms with Gasteiger partial charge in [0.25, 0.3) is 0 Å². The van der Waals surface area contributed by atoms with Crippen LogP contribution < -0.4 is 15.2 Å². The van der Waals surface area contributed by atoms with E-state index < -0.39 is 0 Å². The van der Waals surface area contributed by atoms with Gasteiger partial charge in [-0.2, -0.15) is 0 Å². The fourth-order valence-corrected chi connectivity index (χ4v) is 4.42. The summed E-state index contributed by atoms with van der Waals surface area (Å²) in [7, 11) is 0. The minimum Gasteiger partial charge on any atom is -0.486 e. The van der Waals surface area contributed by atoms with Gasteiger partial charge in [-0.1, -0.05) is 18.9 Å². The largest absolute Gasteiger partial charge is 0.486 e. The lowest BCUT2D eigenvalue weighted by atomic mass is 9.79. The van der Waals surface area contributed by atoms with Crippen molar-refractivity contribution < 1.29 is 9.47 Å². The Morgan fingerprint density at radius 3 is 2.48 bits per heavy atom. The van der Waals surface area contributed by atoms with E-state index in [2.05, 4.69) is 23.1 Å². The first-order valence-corrected chi connectivity index (χ1v) is 9.72. The van der Waals surface area contributed by atoms with E-state index in [1.54, 1.807) is 0 Å². The Morgan fingerprint density at radius 2 is 1.72 bits per heavy atom. The number of hydrogen-bond acceptors (Lipinski definition) is 3. The Morgan fingerprint density at radius 1 is 1.00 bits per heavy atom. The van der Waals surface area contributed by atoms with Crippen LogP contribution in [0.2, 0.25) is 0 Å². The topological polar surface area (TPSA) is 60.1 Å². The van der Waals surface area contributed by atoms with Gasteiger partial charge in [0, 0.05) is 18.5 Å². The number of likely N-dealkylation sites (tertiary alicyclic amines) is 1. The molecule has 0 atom stereocenters. The van der Waals surface area contributed by atoms with Crippen LogP contribution in [-0.4, -0.2) is 43.7 Å². The lowest BCUT2D eigenvalue weighted by Gasteiger charge is -2.31. The predicted molar refractivity (Wildman–Crippen MR) is 99.5 cm³/mol. The summed E-state index contributed by atoms with van der Waals surface area (Å²) in [6.45, 7) is 4.13. The zero-order valence-corrected chi connectivity index (χ0v) is 15.0. The van der Waals surface area contributed by atoms with Crippen LogP contribution in [0.3, 0.4) is 0 Å². The summed E-state index contributed by atoms with van der Waals surface area (Å²) < 4.78 is 11.5. The predicted octanol–water partition coefficient (Wildman–Crippen LogP) is 3.07. The lowest BCUT2D eigenvalue weighted by Crippen LogP contribution is -2.41. The van der Waals surface area contributed by atoms with Crippen molar-refractivity contribution in [3.05, 3.63) is 23.8 Å². The molecule has 0 unspecified atom stereocenters. The molecule has 2 N–H and O–H groups in total. The van der Waals surface area contributed by atoms with Crippen molar-refractivity contribution in [1.82, 2.24) is 4.90 Å². The highest BCUT2D eigenvalue weighted by molar-refractivity contribution is 5.78. The first-order valence-electron chi connectivity index (χ1n) is 9.72. The molecule has 2 aliphatic heterocycles. The minimum absolute atomic E-state index is 0.0935. The number of fused-ring (bicyclic) bond motifs is 1. The van der Waals surface area contributed by atoms with Crippen LogP contribution in [0.5, 0.6) is 11.5 Å². The summed E-state index contributed by atoms with van der Waals surface area (Å²) in [6.07, 6.45) is 8.62. The molecule has 5 heteroatoms. The number of guanidine groups is 1. The van der Waals surface area contributed by atoms with Gasteiger partial charge in [0.15, 0.2) is 17.5 Å². The van der Waals surface area contributed by atoms with E-state index in [9.17, 15) is 0 Å². The fraction of sp³-hybridized carbons (Fsp3) is 0.650. The number of nitrogens with two attached hydrogens (primary N) is 1. The van der Waals surface area contributed by atoms with E-state index in [1.165, 1.54) is 50.5 Å². The van der Waals surface area contributed by atoms with Gasteiger partial charge in [0.1, 0.15) is 13.2 Å². The van der Waals surface area contributed by atoms with Gasteiger partial charge < -0.3 is 20.1 Å². The number of aliphatic imine (C=N–C) groups is 1. The fourth-order valence-electron chi connectivity index (χ4n) is 4.42. The zero-order chi connectivity index (χ0) is 17.1. The van der Waals surface area contributed by atoms with Crippen molar-refractivity contribution in [2.24, 2.45) is 10.7 Å². The molecule has 1 saturated heterocycles. The molecular formula is C20H29N3O2. The molecule has 1 saturated carbocycles. The van der Waals surface area contributed by atoms with Gasteiger partial charge in [0.2, 0.25) is 0 Å². The normalized spacial score (nSPS) is 22.9. The number of rotatable bonds is 3. The summed E-state index contributed by atoms with van der Waals surface area (Å²) in [4.78, 5) is 7.08. The third-order valence-electron chi connectivity index (χ3n) is 5.94. The average molecular weight is 343 g/mol. The second kappa shape index (κ2) is 7.14. The Bertz CT molecular complexity index is 632. The third kappa shape index (κ3) is 3.42. The second-order valence-electron chi connectivity index (χ2n) is 7.57. The van der Waals surface area contributed by atoms with E-state index >= 15 is 0 Å². The second-order valence-corrected chi connectivity index (χ2v) is 7.57. The van der Waals surface area contributed by atoms with Gasteiger partial charge >= 0.3 is 0 Å². The minimum atomic E-state index is 0.0935. The van der Waals surface area contributed by atoms with Crippen LogP contribution in [0.15, 0.2) is 23.2 Å². The molecule has 5 nitrogen and oxygen atoms in total. The highest BCUT2D eigenvalue weighted by atomic mass is 16.6. The van der Waals surface area contributed by atoms with Gasteiger partial charge in [-0.05, 0) is 49.8 Å². The molecule has 1 aliphatic carbocycles. The molecule has 3 aliphatic rings. The molecule has 1 aromatic carbocycles. The molecule has 0 amide bonds. The number of ether oxygens (including phenoxy) is 2. The first kappa shape index (κ1) is 16.6. The van der Waals surface area contributed by atoms with Crippen LogP contribution in [0.4, 0.5) is 0 Å². The van der Waals surface area contributed by atoms with E-state index in [-0.39, 0.29) is 5.41 Å². The Kier molecular flexibility index (Phi) is 4.73. The molecule has 2 fully saturated rings. The van der Waals surface area contributed by atoms with Crippen molar-refractivity contribution in [3.63, 3.8) is 0 Å².